The number of aryl methyl sites for hydroxylation is 2. The Bertz CT molecular complexity index is 1190. The molecule has 2 heterocycles. The number of aromatic amines is 1. The number of carbonyl (C=O) groups is 2. The molecule has 0 saturated heterocycles. The molecule has 7 nitrogen and oxygen atoms in total. The van der Waals surface area contributed by atoms with E-state index in [1.165, 1.54) is 18.3 Å². The van der Waals surface area contributed by atoms with Crippen molar-refractivity contribution in [1.82, 2.24) is 19.9 Å². The summed E-state index contributed by atoms with van der Waals surface area (Å²) in [5.74, 6) is -0.577. The average molecular weight is 444 g/mol. The van der Waals surface area contributed by atoms with E-state index in [0.717, 1.165) is 41.6 Å². The summed E-state index contributed by atoms with van der Waals surface area (Å²) in [6.07, 6.45) is 5.96. The number of halogens is 1. The van der Waals surface area contributed by atoms with Crippen LogP contribution in [0.25, 0.3) is 16.9 Å². The van der Waals surface area contributed by atoms with Crippen LogP contribution in [0.15, 0.2) is 43.2 Å². The molecule has 8 heteroatoms. The lowest BCUT2D eigenvalue weighted by molar-refractivity contribution is -0.131. The van der Waals surface area contributed by atoms with Gasteiger partial charge in [0.2, 0.25) is 6.29 Å². The molecule has 3 N–H and O–H groups in total. The van der Waals surface area contributed by atoms with Crippen molar-refractivity contribution >= 4 is 29.1 Å². The molecular formula is C24H34FN5O2. The molecule has 0 spiro atoms. The minimum Gasteiger partial charge on any atom is -0.347 e. The molecule has 0 bridgehead atoms. The van der Waals surface area contributed by atoms with Crippen molar-refractivity contribution in [2.24, 2.45) is 5.92 Å². The summed E-state index contributed by atoms with van der Waals surface area (Å²) < 4.78 is 14.1. The molecule has 1 aromatic carbocycles. The Morgan fingerprint density at radius 3 is 2.75 bits per heavy atom. The van der Waals surface area contributed by atoms with Gasteiger partial charge in [-0.25, -0.2) is 9.37 Å². The molecule has 174 valence electrons. The molecule has 32 heavy (non-hydrogen) atoms. The Labute approximate surface area is 189 Å². The summed E-state index contributed by atoms with van der Waals surface area (Å²) in [5, 5.41) is 10.8. The lowest BCUT2D eigenvalue weighted by atomic mass is 10.0. The first kappa shape index (κ1) is 24.7. The van der Waals surface area contributed by atoms with E-state index in [1.807, 2.05) is 19.9 Å². The average Bonchev–Trinajstić information content (AvgIpc) is 3.40. The van der Waals surface area contributed by atoms with Gasteiger partial charge in [0.1, 0.15) is 11.3 Å². The van der Waals surface area contributed by atoms with Crippen LogP contribution in [0.3, 0.4) is 0 Å². The summed E-state index contributed by atoms with van der Waals surface area (Å²) in [4.78, 5) is 28.8. The standard InChI is InChI=1S/C15H17N5O2.C8H9F.CH4.2H2/c1-9(10-2-3-11(6-10)19-14(22)8-21)20-12-4-5-17-15(12)18-7-13(20)16;1-6-3-4-8(9)5-7(6)2;;;/h4-5,7-8,10-11,16-17H,1-3,6H2,(H,19,22);3-5H,1-2H3;1H4;2*1H/t10-,11+;;;;/m1..../s1. The van der Waals surface area contributed by atoms with Crippen LogP contribution in [0.5, 0.6) is 0 Å². The minimum absolute atomic E-state index is 0. The van der Waals surface area contributed by atoms with Crippen molar-refractivity contribution in [1.29, 1.82) is 5.41 Å². The smallest absolute Gasteiger partial charge is 0.284 e. The number of nitrogens with one attached hydrogen (secondary N) is 3. The number of H-pyrrole nitrogens is 1. The van der Waals surface area contributed by atoms with Crippen molar-refractivity contribution < 1.29 is 16.8 Å². The molecular weight excluding hydrogens is 409 g/mol. The van der Waals surface area contributed by atoms with Gasteiger partial charge in [-0.2, -0.15) is 0 Å². The Kier molecular flexibility index (Phi) is 8.23. The largest absolute Gasteiger partial charge is 0.347 e. The first-order valence-electron chi connectivity index (χ1n) is 10.1. The molecule has 3 aromatic rings. The van der Waals surface area contributed by atoms with Gasteiger partial charge < -0.3 is 10.3 Å². The number of rotatable bonds is 4. The normalized spacial score (nSPS) is 17.1. The second-order valence-electron chi connectivity index (χ2n) is 7.74. The van der Waals surface area contributed by atoms with Gasteiger partial charge in [0.25, 0.3) is 5.91 Å². The number of carbonyl (C=O) groups excluding carboxylic acids is 2. The zero-order valence-corrected chi connectivity index (χ0v) is 17.6. The number of hydrogen-bond donors (Lipinski definition) is 3. The van der Waals surface area contributed by atoms with Gasteiger partial charge in [-0.05, 0) is 62.4 Å². The van der Waals surface area contributed by atoms with Crippen molar-refractivity contribution in [2.75, 3.05) is 0 Å². The molecule has 4 rings (SSSR count). The third-order valence-electron chi connectivity index (χ3n) is 5.62. The molecule has 1 amide bonds. The maximum Gasteiger partial charge on any atom is 0.284 e. The van der Waals surface area contributed by atoms with E-state index in [2.05, 4.69) is 21.9 Å². The maximum absolute atomic E-state index is 12.3. The third-order valence-corrected chi connectivity index (χ3v) is 5.62. The Hall–Kier alpha value is -3.55. The number of nitrogens with zero attached hydrogens (tertiary/aromatic N) is 2. The highest BCUT2D eigenvalue weighted by atomic mass is 19.1. The zero-order valence-electron chi connectivity index (χ0n) is 17.6. The molecule has 0 unspecified atom stereocenters. The fourth-order valence-corrected chi connectivity index (χ4v) is 3.80. The van der Waals surface area contributed by atoms with Crippen LogP contribution in [0.1, 0.15) is 40.7 Å². The zero-order chi connectivity index (χ0) is 22.5. The predicted molar refractivity (Wildman–Crippen MR) is 127 cm³/mol. The minimum atomic E-state index is -0.581. The SMILES string of the molecule is C.C=C([C@@H]1CC[C@H](NC(=O)C=O)C1)n1c(=N)cnc2[nH]ccc21.Cc1ccc(F)cc1C.[HH].[HH]. The van der Waals surface area contributed by atoms with Crippen LogP contribution in [-0.2, 0) is 9.59 Å². The van der Waals surface area contributed by atoms with E-state index in [9.17, 15) is 14.0 Å². The van der Waals surface area contributed by atoms with Crippen LogP contribution in [0.4, 0.5) is 4.39 Å². The van der Waals surface area contributed by atoms with Crippen LogP contribution in [0, 0.1) is 31.0 Å². The fourth-order valence-electron chi connectivity index (χ4n) is 3.80. The van der Waals surface area contributed by atoms with Gasteiger partial charge in [0.05, 0.1) is 11.7 Å². The van der Waals surface area contributed by atoms with Crippen LogP contribution >= 0.6 is 0 Å². The van der Waals surface area contributed by atoms with Crippen molar-refractivity contribution in [3.63, 3.8) is 0 Å². The topological polar surface area (TPSA) is 104 Å². The molecule has 0 aliphatic heterocycles. The monoisotopic (exact) mass is 443 g/mol. The van der Waals surface area contributed by atoms with Gasteiger partial charge in [0, 0.05) is 26.7 Å². The molecule has 0 radical (unpaired) electrons. The number of allylic oxidation sites excluding steroid dienone is 1. The lowest BCUT2D eigenvalue weighted by Crippen LogP contribution is -2.33. The van der Waals surface area contributed by atoms with E-state index < -0.39 is 5.91 Å². The highest BCUT2D eigenvalue weighted by Gasteiger charge is 2.29. The van der Waals surface area contributed by atoms with Crippen molar-refractivity contribution in [3.8, 4) is 0 Å². The summed E-state index contributed by atoms with van der Waals surface area (Å²) in [5.41, 5.74) is 4.77. The van der Waals surface area contributed by atoms with E-state index in [4.69, 9.17) is 5.41 Å². The summed E-state index contributed by atoms with van der Waals surface area (Å²) in [7, 11) is 0. The molecule has 1 aliphatic rings. The Balaban J connectivity index is 0.000000779. The number of hydrogen-bond acceptors (Lipinski definition) is 4. The van der Waals surface area contributed by atoms with Crippen LogP contribution < -0.4 is 10.8 Å². The van der Waals surface area contributed by atoms with E-state index in [1.54, 1.807) is 16.8 Å². The second kappa shape index (κ2) is 10.7. The Morgan fingerprint density at radius 2 is 2.09 bits per heavy atom. The molecule has 1 aliphatic carbocycles. The molecule has 2 atom stereocenters. The van der Waals surface area contributed by atoms with Gasteiger partial charge in [-0.1, -0.05) is 20.1 Å². The lowest BCUT2D eigenvalue weighted by Gasteiger charge is -2.18. The van der Waals surface area contributed by atoms with Crippen molar-refractivity contribution in [2.45, 2.75) is 46.6 Å². The quantitative estimate of drug-likeness (QED) is 0.412. The second-order valence-corrected chi connectivity index (χ2v) is 7.74. The van der Waals surface area contributed by atoms with E-state index >= 15 is 0 Å². The summed E-state index contributed by atoms with van der Waals surface area (Å²) >= 11 is 0. The molecule has 1 saturated carbocycles. The molecule has 2 aromatic heterocycles. The fraction of sp³-hybridized carbons (Fsp3) is 0.333. The number of benzene rings is 1. The molecule has 1 fully saturated rings. The maximum atomic E-state index is 12.3. The van der Waals surface area contributed by atoms with Crippen LogP contribution in [-0.4, -0.2) is 32.8 Å². The first-order valence-corrected chi connectivity index (χ1v) is 10.1. The predicted octanol–water partition coefficient (Wildman–Crippen LogP) is 4.37. The first-order chi connectivity index (χ1) is 14.8. The highest BCUT2D eigenvalue weighted by molar-refractivity contribution is 6.23. The summed E-state index contributed by atoms with van der Waals surface area (Å²) in [6, 6.07) is 6.65. The van der Waals surface area contributed by atoms with Gasteiger partial charge >= 0.3 is 0 Å². The number of amides is 1. The third kappa shape index (κ3) is 5.57. The van der Waals surface area contributed by atoms with Gasteiger partial charge in [0.15, 0.2) is 5.65 Å². The van der Waals surface area contributed by atoms with E-state index in [0.29, 0.717) is 11.9 Å². The van der Waals surface area contributed by atoms with Gasteiger partial charge in [-0.15, -0.1) is 0 Å². The van der Waals surface area contributed by atoms with Gasteiger partial charge in [-0.3, -0.25) is 19.6 Å². The highest BCUT2D eigenvalue weighted by Crippen LogP contribution is 2.33. The van der Waals surface area contributed by atoms with Crippen LogP contribution in [0.2, 0.25) is 0 Å². The number of fused-ring (bicyclic) bond motifs is 1. The summed E-state index contributed by atoms with van der Waals surface area (Å²) in [6.45, 7) is 8.02. The number of aldehydes is 1. The Morgan fingerprint density at radius 1 is 1.34 bits per heavy atom. The van der Waals surface area contributed by atoms with Crippen molar-refractivity contribution in [3.05, 3.63) is 65.7 Å². The number of aromatic nitrogens is 3. The van der Waals surface area contributed by atoms with E-state index in [-0.39, 0.29) is 33.5 Å².